The second kappa shape index (κ2) is 29.4. The first-order valence-electron chi connectivity index (χ1n) is 35.0. The highest BCUT2D eigenvalue weighted by Gasteiger charge is 2.44. The third-order valence-electron chi connectivity index (χ3n) is 20.0. The maximum absolute atomic E-state index is 14.4. The van der Waals surface area contributed by atoms with Gasteiger partial charge in [0.1, 0.15) is 33.5 Å². The van der Waals surface area contributed by atoms with Gasteiger partial charge in [-0.1, -0.05) is 277 Å². The van der Waals surface area contributed by atoms with Gasteiger partial charge in [-0.3, -0.25) is 14.5 Å². The van der Waals surface area contributed by atoms with Crippen molar-refractivity contribution in [1.29, 1.82) is 0 Å². The van der Waals surface area contributed by atoms with Gasteiger partial charge in [0, 0.05) is 41.6 Å². The second-order valence-corrected chi connectivity index (χ2v) is 26.7. The molecule has 5 heterocycles. The third kappa shape index (κ3) is 12.7. The zero-order valence-electron chi connectivity index (χ0n) is 59.1. The van der Waals surface area contributed by atoms with E-state index in [0.717, 1.165) is 99.5 Å². The molecule has 0 spiro atoms. The van der Waals surface area contributed by atoms with E-state index in [1.165, 1.54) is 12.0 Å². The Hall–Kier alpha value is -13.5. The number of primary amides is 1. The van der Waals surface area contributed by atoms with Gasteiger partial charge < -0.3 is 15.8 Å². The van der Waals surface area contributed by atoms with Crippen LogP contribution < -0.4 is 11.1 Å². The first-order valence-corrected chi connectivity index (χ1v) is 35.4. The lowest BCUT2D eigenvalue weighted by atomic mass is 9.77. The fourth-order valence-corrected chi connectivity index (χ4v) is 15.1. The van der Waals surface area contributed by atoms with Gasteiger partial charge >= 0.3 is 12.0 Å². The van der Waals surface area contributed by atoms with Crippen LogP contribution in [0.1, 0.15) is 96.7 Å². The van der Waals surface area contributed by atoms with Gasteiger partial charge in [0.25, 0.3) is 5.91 Å². The summed E-state index contributed by atoms with van der Waals surface area (Å²) in [4.78, 5) is 53.1. The van der Waals surface area contributed by atoms with Crippen LogP contribution in [0, 0.1) is 0 Å². The first-order chi connectivity index (χ1) is 52.2. The van der Waals surface area contributed by atoms with Crippen LogP contribution in [0.15, 0.2) is 303 Å². The van der Waals surface area contributed by atoms with E-state index < -0.39 is 29.1 Å². The van der Waals surface area contributed by atoms with Gasteiger partial charge in [0.05, 0.1) is 58.3 Å². The number of hydrogen-bond acceptors (Lipinski definition) is 11. The molecular weight excluding hydrogens is 1350 g/mol. The average Bonchev–Trinajstić information content (AvgIpc) is 1.59. The number of carbonyl (C=O) groups is 4. The lowest BCUT2D eigenvalue weighted by Crippen LogP contribution is -2.43. The smallest absolute Gasteiger partial charge is 0.339 e. The summed E-state index contributed by atoms with van der Waals surface area (Å²) in [5.74, 6) is -1.05. The molecule has 17 rings (SSSR count). The van der Waals surface area contributed by atoms with Crippen LogP contribution in [0.4, 0.5) is 4.79 Å². The highest BCUT2D eigenvalue weighted by Crippen LogP contribution is 2.48. The number of ether oxygens (including phenoxy) is 1. The number of methoxy groups -OCH3 is 1. The number of amides is 4. The number of aromatic nitrogens is 10. The van der Waals surface area contributed by atoms with Crippen molar-refractivity contribution < 1.29 is 23.9 Å². The topological polar surface area (TPSA) is 216 Å². The maximum Gasteiger partial charge on any atom is 0.339 e. The largest absolute Gasteiger partial charge is 0.465 e. The normalized spacial score (nSPS) is 12.8. The van der Waals surface area contributed by atoms with E-state index in [0.29, 0.717) is 22.5 Å². The number of esters is 1. The standard InChI is InChI=1S/C44H34N6O2.C35H26ClN5O2.C9H12N2O/c1-29(30-15-7-3-8-16-30)49-41(51)27-32-26-39-37(28-36(32)43(49)52)42(31-23-24-38-40(25-31)48(2)47-45-38)46-50(39)44(33-17-9-4-10-18-33,34-19-11-5-12-20-34)35-21-13-6-14-22-35;1-40-32-20-23(18-19-30(32)37-39-40)33-28-21-27(34(42)43-2)29(36)22-31(28)41(38-33)35(24-12-6-3-7-13-24,25-14-8-4-9-15-25)26-16-10-5-11-17-26;1-7(11-9(10)12)8-5-3-2-4-6-8/h3-26,28-29H,27H2,1-2H3;3-22H,1-2H3;2-7H,1H3,(H3,10,11,12)/t29-;;7-/m1.1/s1. The van der Waals surface area contributed by atoms with E-state index in [-0.39, 0.29) is 34.9 Å². The van der Waals surface area contributed by atoms with Gasteiger partial charge in [-0.2, -0.15) is 10.2 Å². The number of urea groups is 1. The predicted octanol–water partition coefficient (Wildman–Crippen LogP) is 16.8. The molecule has 1 aliphatic rings. The number of halogens is 1. The van der Waals surface area contributed by atoms with Crippen LogP contribution in [0.2, 0.25) is 5.02 Å². The molecule has 0 saturated heterocycles. The Balaban J connectivity index is 0.000000150. The van der Waals surface area contributed by atoms with Crippen molar-refractivity contribution in [3.05, 3.63) is 370 Å². The number of rotatable bonds is 15. The van der Waals surface area contributed by atoms with Crippen LogP contribution in [0.5, 0.6) is 0 Å². The van der Waals surface area contributed by atoms with Crippen molar-refractivity contribution in [2.24, 2.45) is 19.8 Å². The number of carbonyl (C=O) groups excluding carboxylic acids is 4. The number of nitrogens with zero attached hydrogens (tertiary/aromatic N) is 11. The third-order valence-corrected chi connectivity index (χ3v) is 20.3. The Morgan fingerprint density at radius 2 is 0.850 bits per heavy atom. The first kappa shape index (κ1) is 69.3. The van der Waals surface area contributed by atoms with Crippen molar-refractivity contribution in [3.63, 3.8) is 0 Å². The molecule has 4 aromatic heterocycles. The molecule has 526 valence electrons. The minimum atomic E-state index is -0.927. The number of benzene rings is 12. The van der Waals surface area contributed by atoms with E-state index in [2.05, 4.69) is 103 Å². The average molecular weight is 1430 g/mol. The van der Waals surface area contributed by atoms with Crippen LogP contribution in [-0.4, -0.2) is 85.4 Å². The van der Waals surface area contributed by atoms with Crippen molar-refractivity contribution in [1.82, 2.24) is 59.8 Å². The van der Waals surface area contributed by atoms with Gasteiger partial charge in [-0.05, 0) is 112 Å². The van der Waals surface area contributed by atoms with E-state index in [4.69, 9.17) is 32.3 Å². The van der Waals surface area contributed by atoms with Gasteiger partial charge in [0.2, 0.25) is 5.91 Å². The van der Waals surface area contributed by atoms with Crippen molar-refractivity contribution in [3.8, 4) is 22.5 Å². The monoisotopic (exact) mass is 1430 g/mol. The summed E-state index contributed by atoms with van der Waals surface area (Å²) in [6.45, 7) is 3.79. The fourth-order valence-electron chi connectivity index (χ4n) is 14.9. The Morgan fingerprint density at radius 3 is 1.24 bits per heavy atom. The Morgan fingerprint density at radius 1 is 0.477 bits per heavy atom. The summed E-state index contributed by atoms with van der Waals surface area (Å²) >= 11 is 6.81. The fraction of sp³-hybridized carbons (Fsp3) is 0.114. The lowest BCUT2D eigenvalue weighted by Gasteiger charge is -2.37. The molecule has 2 atom stereocenters. The van der Waals surface area contributed by atoms with Crippen molar-refractivity contribution in [2.45, 2.75) is 43.4 Å². The van der Waals surface area contributed by atoms with E-state index in [1.54, 1.807) is 15.4 Å². The summed E-state index contributed by atoms with van der Waals surface area (Å²) in [6.07, 6.45) is 0.0936. The summed E-state index contributed by atoms with van der Waals surface area (Å²) in [6, 6.07) is 100.0. The SMILES string of the molecule is COC(=O)c1cc2c(-c3ccc4nnn(C)c4c3)nn(C(c3ccccc3)(c3ccccc3)c3ccccc3)c2cc1Cl.C[C@@H](NC(N)=O)c1ccccc1.C[C@H](c1ccccc1)N1C(=O)Cc2cc3c(cc2C1=O)c(-c1ccc2nnn(C)c2c1)nn3C(c1ccccc1)(c1ccccc1)c1ccccc1. The molecule has 0 aliphatic carbocycles. The molecule has 0 unspecified atom stereocenters. The van der Waals surface area contributed by atoms with E-state index in [9.17, 15) is 19.2 Å². The number of hydrogen-bond donors (Lipinski definition) is 2. The minimum Gasteiger partial charge on any atom is -0.465 e. The summed E-state index contributed by atoms with van der Waals surface area (Å²) in [5.41, 5.74) is 20.6. The Kier molecular flexibility index (Phi) is 19.0. The molecule has 19 heteroatoms. The number of imide groups is 1. The van der Waals surface area contributed by atoms with Gasteiger partial charge in [-0.25, -0.2) is 28.3 Å². The zero-order chi connectivity index (χ0) is 73.9. The molecule has 0 bridgehead atoms. The van der Waals surface area contributed by atoms with E-state index in [1.807, 2.05) is 257 Å². The van der Waals surface area contributed by atoms with Crippen LogP contribution in [0.25, 0.3) is 66.4 Å². The number of nitrogens with two attached hydrogens (primary N) is 1. The quantitative estimate of drug-likeness (QED) is 0.0559. The highest BCUT2D eigenvalue weighted by molar-refractivity contribution is 6.34. The second-order valence-electron chi connectivity index (χ2n) is 26.3. The lowest BCUT2D eigenvalue weighted by molar-refractivity contribution is -0.130. The molecule has 1 aliphatic heterocycles. The molecule has 3 N–H and O–H groups in total. The minimum absolute atomic E-state index is 0.0244. The number of fused-ring (bicyclic) bond motifs is 5. The van der Waals surface area contributed by atoms with Crippen molar-refractivity contribution in [2.75, 3.05) is 7.11 Å². The predicted molar refractivity (Wildman–Crippen MR) is 417 cm³/mol. The molecule has 0 saturated carbocycles. The zero-order valence-corrected chi connectivity index (χ0v) is 59.9. The summed E-state index contributed by atoms with van der Waals surface area (Å²) in [5, 5.41) is 32.4. The van der Waals surface area contributed by atoms with E-state index >= 15 is 0 Å². The Labute approximate surface area is 621 Å². The highest BCUT2D eigenvalue weighted by atomic mass is 35.5. The van der Waals surface area contributed by atoms with Gasteiger partial charge in [-0.15, -0.1) is 10.2 Å². The molecule has 12 aromatic carbocycles. The van der Waals surface area contributed by atoms with Crippen molar-refractivity contribution >= 4 is 79.3 Å². The van der Waals surface area contributed by atoms with Crippen LogP contribution >= 0.6 is 11.6 Å². The summed E-state index contributed by atoms with van der Waals surface area (Å²) < 4.78 is 12.7. The molecular formula is C88H72ClN13O5. The van der Waals surface area contributed by atoms with Gasteiger partial charge in [0.15, 0.2) is 0 Å². The summed E-state index contributed by atoms with van der Waals surface area (Å²) in [7, 11) is 5.08. The van der Waals surface area contributed by atoms with Crippen LogP contribution in [0.3, 0.4) is 0 Å². The molecule has 0 radical (unpaired) electrons. The molecule has 4 amide bonds. The number of aryl methyl sites for hydroxylation is 2. The molecule has 0 fully saturated rings. The van der Waals surface area contributed by atoms with Crippen LogP contribution in [-0.2, 0) is 41.1 Å². The number of nitrogens with one attached hydrogen (secondary N) is 1. The molecule has 107 heavy (non-hydrogen) atoms. The molecule has 18 nitrogen and oxygen atoms in total. The maximum atomic E-state index is 14.4. The molecule has 16 aromatic rings. The Bertz CT molecular complexity index is 5750.